The highest BCUT2D eigenvalue weighted by Crippen LogP contribution is 2.45. The molecular weight excluding hydrogens is 396 g/mol. The summed E-state index contributed by atoms with van der Waals surface area (Å²) in [6, 6.07) is 9.90. The molecule has 0 unspecified atom stereocenters. The lowest BCUT2D eigenvalue weighted by molar-refractivity contribution is 0.177. The second-order valence-corrected chi connectivity index (χ2v) is 12.4. The van der Waals surface area contributed by atoms with Gasteiger partial charge < -0.3 is 0 Å². The monoisotopic (exact) mass is 452 g/mol. The highest BCUT2D eigenvalue weighted by molar-refractivity contribution is 5.26. The molecule has 2 fully saturated rings. The molecule has 0 atom stereocenters. The van der Waals surface area contributed by atoms with E-state index in [1.165, 1.54) is 128 Å². The Labute approximate surface area is 207 Å². The summed E-state index contributed by atoms with van der Waals surface area (Å²) in [6.07, 6.45) is 28.8. The maximum atomic E-state index is 2.57. The van der Waals surface area contributed by atoms with Crippen LogP contribution in [0.25, 0.3) is 0 Å². The van der Waals surface area contributed by atoms with Crippen molar-refractivity contribution in [3.8, 4) is 0 Å². The van der Waals surface area contributed by atoms with Gasteiger partial charge in [0.15, 0.2) is 0 Å². The molecule has 2 aliphatic rings. The molecule has 1 aromatic carbocycles. The normalized spacial score (nSPS) is 28.2. The zero-order chi connectivity index (χ0) is 23.4. The van der Waals surface area contributed by atoms with E-state index >= 15 is 0 Å². The van der Waals surface area contributed by atoms with E-state index in [0.29, 0.717) is 5.41 Å². The average Bonchev–Trinajstić information content (AvgIpc) is 2.84. The molecule has 0 nitrogen and oxygen atoms in total. The van der Waals surface area contributed by atoms with Crippen molar-refractivity contribution in [3.05, 3.63) is 35.4 Å². The van der Waals surface area contributed by atoms with Crippen LogP contribution in [0.4, 0.5) is 0 Å². The number of hydrogen-bond acceptors (Lipinski definition) is 0. The van der Waals surface area contributed by atoms with Crippen molar-refractivity contribution in [1.82, 2.24) is 0 Å². The zero-order valence-corrected chi connectivity index (χ0v) is 22.7. The Morgan fingerprint density at radius 1 is 0.667 bits per heavy atom. The molecular formula is C33H56. The van der Waals surface area contributed by atoms with Crippen LogP contribution in [-0.2, 0) is 6.42 Å². The van der Waals surface area contributed by atoms with Crippen molar-refractivity contribution >= 4 is 0 Å². The number of aryl methyl sites for hydroxylation is 1. The third kappa shape index (κ3) is 9.41. The van der Waals surface area contributed by atoms with Gasteiger partial charge in [0.05, 0.1) is 0 Å². The molecule has 1 aromatic rings. The number of unbranched alkanes of at least 4 members (excludes halogenated alkanes) is 6. The van der Waals surface area contributed by atoms with Gasteiger partial charge in [-0.1, -0.05) is 129 Å². The molecule has 2 saturated carbocycles. The quantitative estimate of drug-likeness (QED) is 0.246. The van der Waals surface area contributed by atoms with Crippen LogP contribution in [0, 0.1) is 17.3 Å². The molecule has 0 N–H and O–H groups in total. The molecule has 0 amide bonds. The van der Waals surface area contributed by atoms with E-state index < -0.39 is 0 Å². The van der Waals surface area contributed by atoms with Crippen LogP contribution in [0.3, 0.4) is 0 Å². The van der Waals surface area contributed by atoms with Crippen molar-refractivity contribution in [3.63, 3.8) is 0 Å². The molecule has 0 spiro atoms. The highest BCUT2D eigenvalue weighted by atomic mass is 14.4. The van der Waals surface area contributed by atoms with E-state index in [2.05, 4.69) is 45.0 Å². The van der Waals surface area contributed by atoms with Crippen LogP contribution in [0.1, 0.15) is 160 Å². The van der Waals surface area contributed by atoms with Crippen LogP contribution < -0.4 is 0 Å². The van der Waals surface area contributed by atoms with E-state index in [-0.39, 0.29) is 0 Å². The number of benzene rings is 1. The van der Waals surface area contributed by atoms with Gasteiger partial charge in [-0.05, 0) is 79.2 Å². The van der Waals surface area contributed by atoms with Crippen LogP contribution in [0.5, 0.6) is 0 Å². The molecule has 0 radical (unpaired) electrons. The summed E-state index contributed by atoms with van der Waals surface area (Å²) in [5, 5.41) is 0. The van der Waals surface area contributed by atoms with Crippen molar-refractivity contribution in [2.75, 3.05) is 0 Å². The third-order valence-electron chi connectivity index (χ3n) is 9.55. The minimum absolute atomic E-state index is 0.623. The first-order valence-corrected chi connectivity index (χ1v) is 15.2. The van der Waals surface area contributed by atoms with Gasteiger partial charge in [-0.15, -0.1) is 0 Å². The van der Waals surface area contributed by atoms with Crippen molar-refractivity contribution < 1.29 is 0 Å². The van der Waals surface area contributed by atoms with E-state index in [9.17, 15) is 0 Å². The summed E-state index contributed by atoms with van der Waals surface area (Å²) in [6.45, 7) is 7.21. The van der Waals surface area contributed by atoms with Gasteiger partial charge in [-0.25, -0.2) is 0 Å². The van der Waals surface area contributed by atoms with Crippen molar-refractivity contribution in [1.29, 1.82) is 0 Å². The molecule has 3 rings (SSSR count). The molecule has 2 aliphatic carbocycles. The molecule has 33 heavy (non-hydrogen) atoms. The Morgan fingerprint density at radius 3 is 1.88 bits per heavy atom. The van der Waals surface area contributed by atoms with Crippen molar-refractivity contribution in [2.45, 2.75) is 155 Å². The van der Waals surface area contributed by atoms with Gasteiger partial charge in [0.2, 0.25) is 0 Å². The van der Waals surface area contributed by atoms with Crippen molar-refractivity contribution in [2.24, 2.45) is 17.3 Å². The van der Waals surface area contributed by atoms with Crippen LogP contribution in [0.2, 0.25) is 0 Å². The van der Waals surface area contributed by atoms with E-state index in [1.54, 1.807) is 11.1 Å². The predicted molar refractivity (Wildman–Crippen MR) is 147 cm³/mol. The fraction of sp³-hybridized carbons (Fsp3) is 0.818. The molecule has 0 aromatic heterocycles. The first kappa shape index (κ1) is 26.8. The molecule has 0 heteroatoms. The molecule has 0 saturated heterocycles. The second kappa shape index (κ2) is 14.6. The highest BCUT2D eigenvalue weighted by Gasteiger charge is 2.31. The average molecular weight is 453 g/mol. The molecule has 0 bridgehead atoms. The maximum Gasteiger partial charge on any atom is -0.0162 e. The van der Waals surface area contributed by atoms with Crippen LogP contribution in [-0.4, -0.2) is 0 Å². The fourth-order valence-electron chi connectivity index (χ4n) is 6.87. The Bertz CT molecular complexity index is 610. The first-order valence-electron chi connectivity index (χ1n) is 15.2. The fourth-order valence-corrected chi connectivity index (χ4v) is 6.87. The number of hydrogen-bond donors (Lipinski definition) is 0. The summed E-state index contributed by atoms with van der Waals surface area (Å²) in [4.78, 5) is 0. The summed E-state index contributed by atoms with van der Waals surface area (Å²) >= 11 is 0. The standard InChI is InChI=1S/C33H56/c1-4-6-8-9-11-25-33(3)26-23-32(24-27-33)31-21-19-30(20-22-31)18-17-29-15-13-28(14-16-29)12-10-7-5-2/h19-22,28-29,32H,4-18,23-27H2,1-3H3. The summed E-state index contributed by atoms with van der Waals surface area (Å²) < 4.78 is 0. The SMILES string of the molecule is CCCCCCCC1(C)CCC(c2ccc(CCC3CCC(CCCCC)CC3)cc2)CC1. The minimum atomic E-state index is 0.623. The third-order valence-corrected chi connectivity index (χ3v) is 9.55. The Kier molecular flexibility index (Phi) is 11.8. The lowest BCUT2D eigenvalue weighted by atomic mass is 9.68. The summed E-state index contributed by atoms with van der Waals surface area (Å²) in [7, 11) is 0. The van der Waals surface area contributed by atoms with E-state index in [0.717, 1.165) is 17.8 Å². The minimum Gasteiger partial charge on any atom is -0.0654 e. The van der Waals surface area contributed by atoms with E-state index in [4.69, 9.17) is 0 Å². The Balaban J connectivity index is 1.33. The van der Waals surface area contributed by atoms with Gasteiger partial charge in [0.1, 0.15) is 0 Å². The van der Waals surface area contributed by atoms with Crippen LogP contribution in [0.15, 0.2) is 24.3 Å². The van der Waals surface area contributed by atoms with Gasteiger partial charge >= 0.3 is 0 Å². The summed E-state index contributed by atoms with van der Waals surface area (Å²) in [5.74, 6) is 2.85. The van der Waals surface area contributed by atoms with Gasteiger partial charge in [-0.2, -0.15) is 0 Å². The lowest BCUT2D eigenvalue weighted by Gasteiger charge is -2.38. The first-order chi connectivity index (χ1) is 16.1. The molecule has 0 aliphatic heterocycles. The maximum absolute atomic E-state index is 2.57. The predicted octanol–water partition coefficient (Wildman–Crippen LogP) is 11.0. The molecule has 188 valence electrons. The smallest absolute Gasteiger partial charge is 0.0162 e. The Morgan fingerprint density at radius 2 is 1.24 bits per heavy atom. The zero-order valence-electron chi connectivity index (χ0n) is 22.7. The van der Waals surface area contributed by atoms with E-state index in [1.807, 2.05) is 0 Å². The van der Waals surface area contributed by atoms with Crippen LogP contribution >= 0.6 is 0 Å². The Hall–Kier alpha value is -0.780. The topological polar surface area (TPSA) is 0 Å². The second-order valence-electron chi connectivity index (χ2n) is 12.4. The van der Waals surface area contributed by atoms with Gasteiger partial charge in [0, 0.05) is 0 Å². The largest absolute Gasteiger partial charge is 0.0654 e. The summed E-state index contributed by atoms with van der Waals surface area (Å²) in [5.41, 5.74) is 3.82. The lowest BCUT2D eigenvalue weighted by Crippen LogP contribution is -2.23. The van der Waals surface area contributed by atoms with Gasteiger partial charge in [-0.3, -0.25) is 0 Å². The molecule has 0 heterocycles. The number of rotatable bonds is 14. The van der Waals surface area contributed by atoms with Gasteiger partial charge in [0.25, 0.3) is 0 Å².